The van der Waals surface area contributed by atoms with Gasteiger partial charge in [-0.3, -0.25) is 0 Å². The Hall–Kier alpha value is -0.120. The van der Waals surface area contributed by atoms with Gasteiger partial charge < -0.3 is 14.8 Å². The summed E-state index contributed by atoms with van der Waals surface area (Å²) in [7, 11) is 0. The molecule has 3 nitrogen and oxygen atoms in total. The number of rotatable bonds is 6. The Morgan fingerprint density at radius 3 is 2.83 bits per heavy atom. The van der Waals surface area contributed by atoms with Crippen molar-refractivity contribution in [2.24, 2.45) is 5.92 Å². The van der Waals surface area contributed by atoms with E-state index in [1.807, 2.05) is 0 Å². The van der Waals surface area contributed by atoms with Crippen molar-refractivity contribution in [3.8, 4) is 0 Å². The number of ether oxygens (including phenoxy) is 2. The van der Waals surface area contributed by atoms with Gasteiger partial charge in [0.2, 0.25) is 0 Å². The molecule has 2 aliphatic rings. The third-order valence-electron chi connectivity index (χ3n) is 4.18. The zero-order valence-corrected chi connectivity index (χ0v) is 11.8. The molecule has 1 aliphatic heterocycles. The lowest BCUT2D eigenvalue weighted by Gasteiger charge is -2.27. The highest BCUT2D eigenvalue weighted by Gasteiger charge is 2.25. The SMILES string of the molecule is CCCNC1CCCCCC1OCC1CCOC1. The third-order valence-corrected chi connectivity index (χ3v) is 4.18. The molecule has 0 aromatic carbocycles. The number of hydrogen-bond acceptors (Lipinski definition) is 3. The van der Waals surface area contributed by atoms with E-state index in [-0.39, 0.29) is 0 Å². The molecule has 3 heteroatoms. The summed E-state index contributed by atoms with van der Waals surface area (Å²) in [4.78, 5) is 0. The van der Waals surface area contributed by atoms with Crippen LogP contribution in [0.5, 0.6) is 0 Å². The molecule has 3 atom stereocenters. The lowest BCUT2D eigenvalue weighted by molar-refractivity contribution is 0.000668. The average Bonchev–Trinajstić information content (AvgIpc) is 2.80. The molecule has 0 aromatic rings. The summed E-state index contributed by atoms with van der Waals surface area (Å²) in [6, 6.07) is 0.578. The Kier molecular flexibility index (Phi) is 6.46. The first-order valence-corrected chi connectivity index (χ1v) is 7.83. The standard InChI is InChI=1S/C15H29NO2/c1-2-9-16-14-6-4-3-5-7-15(14)18-12-13-8-10-17-11-13/h13-16H,2-12H2,1H3. The third kappa shape index (κ3) is 4.52. The highest BCUT2D eigenvalue weighted by atomic mass is 16.5. The molecule has 1 N–H and O–H groups in total. The Bertz CT molecular complexity index is 217. The van der Waals surface area contributed by atoms with E-state index >= 15 is 0 Å². The van der Waals surface area contributed by atoms with Gasteiger partial charge in [0.1, 0.15) is 0 Å². The van der Waals surface area contributed by atoms with Gasteiger partial charge in [-0.15, -0.1) is 0 Å². The van der Waals surface area contributed by atoms with E-state index in [1.54, 1.807) is 0 Å². The maximum atomic E-state index is 6.21. The van der Waals surface area contributed by atoms with E-state index in [0.717, 1.165) is 26.4 Å². The van der Waals surface area contributed by atoms with Crippen LogP contribution < -0.4 is 5.32 Å². The zero-order valence-electron chi connectivity index (χ0n) is 11.8. The summed E-state index contributed by atoms with van der Waals surface area (Å²) in [6.07, 6.45) is 9.39. The van der Waals surface area contributed by atoms with Crippen LogP contribution in [0.25, 0.3) is 0 Å². The molecule has 1 saturated carbocycles. The largest absolute Gasteiger partial charge is 0.381 e. The molecule has 1 saturated heterocycles. The first kappa shape index (κ1) is 14.3. The highest BCUT2D eigenvalue weighted by molar-refractivity contribution is 4.81. The Morgan fingerprint density at radius 2 is 2.06 bits per heavy atom. The van der Waals surface area contributed by atoms with Crippen LogP contribution in [-0.2, 0) is 9.47 Å². The molecule has 3 unspecified atom stereocenters. The van der Waals surface area contributed by atoms with Crippen LogP contribution in [0.2, 0.25) is 0 Å². The number of hydrogen-bond donors (Lipinski definition) is 1. The van der Waals surface area contributed by atoms with Crippen LogP contribution >= 0.6 is 0 Å². The summed E-state index contributed by atoms with van der Waals surface area (Å²) in [5.41, 5.74) is 0. The van der Waals surface area contributed by atoms with Gasteiger partial charge in [0.05, 0.1) is 19.3 Å². The van der Waals surface area contributed by atoms with Crippen molar-refractivity contribution in [1.29, 1.82) is 0 Å². The van der Waals surface area contributed by atoms with Gasteiger partial charge in [-0.25, -0.2) is 0 Å². The number of nitrogens with one attached hydrogen (secondary N) is 1. The van der Waals surface area contributed by atoms with Crippen molar-refractivity contribution < 1.29 is 9.47 Å². The predicted molar refractivity (Wildman–Crippen MR) is 73.8 cm³/mol. The summed E-state index contributed by atoms with van der Waals surface area (Å²) in [6.45, 7) is 6.08. The fraction of sp³-hybridized carbons (Fsp3) is 1.00. The average molecular weight is 255 g/mol. The van der Waals surface area contributed by atoms with Crippen LogP contribution in [0, 0.1) is 5.92 Å². The van der Waals surface area contributed by atoms with Crippen LogP contribution in [0.4, 0.5) is 0 Å². The Balaban J connectivity index is 1.76. The summed E-state index contributed by atoms with van der Waals surface area (Å²) >= 11 is 0. The molecule has 0 spiro atoms. The fourth-order valence-electron chi connectivity index (χ4n) is 3.01. The maximum Gasteiger partial charge on any atom is 0.0728 e. The topological polar surface area (TPSA) is 30.5 Å². The fourth-order valence-corrected chi connectivity index (χ4v) is 3.01. The van der Waals surface area contributed by atoms with Crippen LogP contribution in [0.1, 0.15) is 51.9 Å². The molecule has 0 bridgehead atoms. The minimum absolute atomic E-state index is 0.430. The van der Waals surface area contributed by atoms with Gasteiger partial charge in [0, 0.05) is 18.6 Å². The monoisotopic (exact) mass is 255 g/mol. The molecule has 0 aromatic heterocycles. The van der Waals surface area contributed by atoms with E-state index in [4.69, 9.17) is 9.47 Å². The van der Waals surface area contributed by atoms with E-state index in [1.165, 1.54) is 44.9 Å². The van der Waals surface area contributed by atoms with E-state index in [0.29, 0.717) is 18.1 Å². The smallest absolute Gasteiger partial charge is 0.0728 e. The summed E-state index contributed by atoms with van der Waals surface area (Å²) < 4.78 is 11.6. The lowest BCUT2D eigenvalue weighted by atomic mass is 10.1. The maximum absolute atomic E-state index is 6.21. The van der Waals surface area contributed by atoms with Crippen molar-refractivity contribution in [2.75, 3.05) is 26.4 Å². The Morgan fingerprint density at radius 1 is 1.17 bits per heavy atom. The first-order chi connectivity index (χ1) is 8.90. The molecule has 2 rings (SSSR count). The van der Waals surface area contributed by atoms with Crippen LogP contribution in [-0.4, -0.2) is 38.5 Å². The molecule has 1 aliphatic carbocycles. The predicted octanol–water partition coefficient (Wildman–Crippen LogP) is 2.74. The quantitative estimate of drug-likeness (QED) is 0.740. The van der Waals surface area contributed by atoms with E-state index in [9.17, 15) is 0 Å². The van der Waals surface area contributed by atoms with Crippen molar-refractivity contribution in [2.45, 2.75) is 64.0 Å². The second-order valence-electron chi connectivity index (χ2n) is 5.80. The minimum atomic E-state index is 0.430. The van der Waals surface area contributed by atoms with Crippen molar-refractivity contribution >= 4 is 0 Å². The van der Waals surface area contributed by atoms with Crippen molar-refractivity contribution in [1.82, 2.24) is 5.32 Å². The van der Waals surface area contributed by atoms with Crippen LogP contribution in [0.3, 0.4) is 0 Å². The zero-order chi connectivity index (χ0) is 12.6. The summed E-state index contributed by atoms with van der Waals surface area (Å²) in [5, 5.41) is 3.68. The Labute approximate surface area is 112 Å². The van der Waals surface area contributed by atoms with Gasteiger partial charge in [0.25, 0.3) is 0 Å². The van der Waals surface area contributed by atoms with E-state index in [2.05, 4.69) is 12.2 Å². The molecule has 1 heterocycles. The lowest BCUT2D eigenvalue weighted by Crippen LogP contribution is -2.41. The molecule has 0 radical (unpaired) electrons. The van der Waals surface area contributed by atoms with Gasteiger partial charge in [-0.05, 0) is 32.2 Å². The van der Waals surface area contributed by atoms with Crippen LogP contribution in [0.15, 0.2) is 0 Å². The van der Waals surface area contributed by atoms with Gasteiger partial charge >= 0.3 is 0 Å². The second kappa shape index (κ2) is 8.13. The van der Waals surface area contributed by atoms with Gasteiger partial charge in [-0.2, -0.15) is 0 Å². The normalized spacial score (nSPS) is 33.5. The summed E-state index contributed by atoms with van der Waals surface area (Å²) in [5.74, 6) is 0.639. The van der Waals surface area contributed by atoms with Crippen molar-refractivity contribution in [3.63, 3.8) is 0 Å². The van der Waals surface area contributed by atoms with E-state index < -0.39 is 0 Å². The van der Waals surface area contributed by atoms with Gasteiger partial charge in [-0.1, -0.05) is 26.2 Å². The highest BCUT2D eigenvalue weighted by Crippen LogP contribution is 2.22. The molecular formula is C15H29NO2. The molecule has 106 valence electrons. The second-order valence-corrected chi connectivity index (χ2v) is 5.80. The molecule has 0 amide bonds. The minimum Gasteiger partial charge on any atom is -0.381 e. The molecule has 2 fully saturated rings. The first-order valence-electron chi connectivity index (χ1n) is 7.83. The van der Waals surface area contributed by atoms with Crippen molar-refractivity contribution in [3.05, 3.63) is 0 Å². The van der Waals surface area contributed by atoms with Gasteiger partial charge in [0.15, 0.2) is 0 Å². The molecule has 18 heavy (non-hydrogen) atoms. The molecular weight excluding hydrogens is 226 g/mol.